The van der Waals surface area contributed by atoms with Crippen molar-refractivity contribution in [3.05, 3.63) is 123 Å². The molecule has 0 spiro atoms. The summed E-state index contributed by atoms with van der Waals surface area (Å²) >= 11 is 1.46. The van der Waals surface area contributed by atoms with E-state index in [1.807, 2.05) is 36.4 Å². The summed E-state index contributed by atoms with van der Waals surface area (Å²) in [6, 6.07) is 20.8. The van der Waals surface area contributed by atoms with Gasteiger partial charge < -0.3 is 14.5 Å². The minimum Gasteiger partial charge on any atom is -0.378 e. The van der Waals surface area contributed by atoms with Crippen LogP contribution in [0, 0.1) is 10.1 Å². The van der Waals surface area contributed by atoms with Gasteiger partial charge in [0.2, 0.25) is 11.8 Å². The zero-order chi connectivity index (χ0) is 31.9. The van der Waals surface area contributed by atoms with Gasteiger partial charge in [-0.2, -0.15) is 0 Å². The summed E-state index contributed by atoms with van der Waals surface area (Å²) in [6.07, 6.45) is 3.39. The molecule has 1 fully saturated rings. The maximum atomic E-state index is 13.5. The van der Waals surface area contributed by atoms with Gasteiger partial charge in [0.05, 0.1) is 13.2 Å². The second-order valence-corrected chi connectivity index (χ2v) is 11.7. The molecule has 1 aliphatic carbocycles. The highest BCUT2D eigenvalue weighted by molar-refractivity contribution is 7.99. The van der Waals surface area contributed by atoms with Crippen molar-refractivity contribution >= 4 is 40.7 Å². The van der Waals surface area contributed by atoms with Gasteiger partial charge in [-0.25, -0.2) is 4.79 Å². The first-order valence-corrected chi connectivity index (χ1v) is 15.2. The molecule has 3 aromatic rings. The van der Waals surface area contributed by atoms with Gasteiger partial charge in [0.1, 0.15) is 0 Å². The van der Waals surface area contributed by atoms with Crippen LogP contribution in [0.4, 0.5) is 5.69 Å². The molecule has 3 aromatic carbocycles. The normalized spacial score (nSPS) is 16.8. The minimum atomic E-state index is -0.998. The Morgan fingerprint density at radius 2 is 1.47 bits per heavy atom. The molecular formula is C34H31N3O7S. The van der Waals surface area contributed by atoms with Crippen molar-refractivity contribution in [2.24, 2.45) is 5.16 Å². The predicted molar refractivity (Wildman–Crippen MR) is 171 cm³/mol. The van der Waals surface area contributed by atoms with Crippen molar-refractivity contribution in [2.45, 2.75) is 36.1 Å². The quantitative estimate of drug-likeness (QED) is 0.0885. The molecule has 0 amide bonds. The van der Waals surface area contributed by atoms with E-state index in [1.165, 1.54) is 11.8 Å². The number of anilines is 1. The number of ketones is 2. The smallest absolute Gasteiger partial charge is 0.332 e. The molecule has 10 nitrogen and oxygen atoms in total. The van der Waals surface area contributed by atoms with Crippen LogP contribution in [0.15, 0.2) is 111 Å². The van der Waals surface area contributed by atoms with Gasteiger partial charge in [0.25, 0.3) is 0 Å². The Balaban J connectivity index is 1.26. The number of nitro groups is 1. The number of oxime groups is 1. The second-order valence-electron chi connectivity index (χ2n) is 10.5. The Labute approximate surface area is 264 Å². The van der Waals surface area contributed by atoms with E-state index in [9.17, 15) is 24.5 Å². The Morgan fingerprint density at radius 3 is 2.02 bits per heavy atom. The van der Waals surface area contributed by atoms with E-state index < -0.39 is 22.7 Å². The van der Waals surface area contributed by atoms with Crippen LogP contribution in [0.2, 0.25) is 0 Å². The van der Waals surface area contributed by atoms with Crippen LogP contribution in [-0.2, 0) is 14.4 Å². The fourth-order valence-corrected chi connectivity index (χ4v) is 5.89. The number of morpholine rings is 1. The highest BCUT2D eigenvalue weighted by atomic mass is 32.2. The zero-order valence-corrected chi connectivity index (χ0v) is 25.6. The van der Waals surface area contributed by atoms with Gasteiger partial charge in [-0.1, -0.05) is 29.1 Å². The van der Waals surface area contributed by atoms with Gasteiger partial charge >= 0.3 is 5.97 Å². The number of carbonyl (C=O) groups is 3. The molecule has 11 heteroatoms. The largest absolute Gasteiger partial charge is 0.378 e. The molecule has 230 valence electrons. The number of rotatable bonds is 10. The number of benzene rings is 3. The van der Waals surface area contributed by atoms with Crippen LogP contribution in [0.25, 0.3) is 0 Å². The number of hydrogen-bond acceptors (Lipinski definition) is 10. The maximum Gasteiger partial charge on any atom is 0.332 e. The predicted octanol–water partition coefficient (Wildman–Crippen LogP) is 5.93. The van der Waals surface area contributed by atoms with Gasteiger partial charge in [-0.05, 0) is 79.7 Å². The lowest BCUT2D eigenvalue weighted by atomic mass is 9.89. The Kier molecular flexibility index (Phi) is 10.0. The lowest BCUT2D eigenvalue weighted by Gasteiger charge is -2.28. The number of allylic oxidation sites excluding steroid dienone is 2. The Hall–Kier alpha value is -4.87. The van der Waals surface area contributed by atoms with E-state index in [-0.39, 0.29) is 29.1 Å². The molecule has 1 unspecified atom stereocenters. The average molecular weight is 626 g/mol. The fraction of sp³-hybridized carbons (Fsp3) is 0.235. The van der Waals surface area contributed by atoms with Crippen molar-refractivity contribution in [3.63, 3.8) is 0 Å². The van der Waals surface area contributed by atoms with E-state index in [1.54, 1.807) is 55.5 Å². The average Bonchev–Trinajstić information content (AvgIpc) is 3.06. The summed E-state index contributed by atoms with van der Waals surface area (Å²) in [6.45, 7) is 5.79. The van der Waals surface area contributed by atoms with E-state index >= 15 is 0 Å². The van der Waals surface area contributed by atoms with Crippen molar-refractivity contribution in [1.82, 2.24) is 0 Å². The van der Waals surface area contributed by atoms with Crippen molar-refractivity contribution in [2.75, 3.05) is 31.2 Å². The molecule has 1 atom stereocenters. The number of ether oxygens (including phenoxy) is 1. The molecule has 2 aliphatic rings. The van der Waals surface area contributed by atoms with Gasteiger partial charge in [-0.3, -0.25) is 19.7 Å². The minimum absolute atomic E-state index is 0.0585. The number of hydrogen-bond donors (Lipinski definition) is 0. The SMILES string of the molecule is CC(=O)O/N=C(/C(=O)c1ccc(Sc2ccc(C(=O)c3ccc(N4CCOCC4)cc3)cc2)cc1)C1=C(C)C([N+](=O)[O-])CC=C1. The van der Waals surface area contributed by atoms with Crippen LogP contribution in [0.5, 0.6) is 0 Å². The topological polar surface area (TPSA) is 128 Å². The fourth-order valence-electron chi connectivity index (χ4n) is 5.07. The van der Waals surface area contributed by atoms with E-state index in [2.05, 4.69) is 10.1 Å². The third-order valence-electron chi connectivity index (χ3n) is 7.53. The molecule has 1 aliphatic heterocycles. The number of nitrogens with zero attached hydrogens (tertiary/aromatic N) is 3. The molecule has 0 radical (unpaired) electrons. The third kappa shape index (κ3) is 7.62. The lowest BCUT2D eigenvalue weighted by molar-refractivity contribution is -0.511. The van der Waals surface area contributed by atoms with Crippen LogP contribution in [0.3, 0.4) is 0 Å². The van der Waals surface area contributed by atoms with Gasteiger partial charge in [0.15, 0.2) is 11.5 Å². The van der Waals surface area contributed by atoms with Gasteiger partial charge in [0, 0.05) is 74.7 Å². The highest BCUT2D eigenvalue weighted by Gasteiger charge is 2.31. The monoisotopic (exact) mass is 625 g/mol. The second kappa shape index (κ2) is 14.3. The summed E-state index contributed by atoms with van der Waals surface area (Å²) in [5, 5.41) is 15.3. The molecule has 0 aromatic heterocycles. The number of carbonyl (C=O) groups excluding carboxylic acids is 3. The van der Waals surface area contributed by atoms with Gasteiger partial charge in [-0.15, -0.1) is 0 Å². The van der Waals surface area contributed by atoms with Crippen molar-refractivity contribution in [1.29, 1.82) is 0 Å². The van der Waals surface area contributed by atoms with Crippen molar-refractivity contribution < 1.29 is 28.9 Å². The molecular weight excluding hydrogens is 594 g/mol. The summed E-state index contributed by atoms with van der Waals surface area (Å²) in [4.78, 5) is 57.9. The maximum absolute atomic E-state index is 13.5. The van der Waals surface area contributed by atoms with Crippen LogP contribution in [0.1, 0.15) is 46.5 Å². The molecule has 0 saturated carbocycles. The van der Waals surface area contributed by atoms with Crippen molar-refractivity contribution in [3.8, 4) is 0 Å². The van der Waals surface area contributed by atoms with Crippen LogP contribution < -0.4 is 4.90 Å². The molecule has 1 saturated heterocycles. The molecule has 0 N–H and O–H groups in total. The van der Waals surface area contributed by atoms with E-state index in [0.29, 0.717) is 29.9 Å². The highest BCUT2D eigenvalue weighted by Crippen LogP contribution is 2.30. The zero-order valence-electron chi connectivity index (χ0n) is 24.8. The molecule has 45 heavy (non-hydrogen) atoms. The van der Waals surface area contributed by atoms with Crippen LogP contribution >= 0.6 is 11.8 Å². The van der Waals surface area contributed by atoms with E-state index in [0.717, 1.165) is 35.5 Å². The number of Topliss-reactive ketones (excluding diaryl/α,β-unsaturated/α-hetero) is 1. The summed E-state index contributed by atoms with van der Waals surface area (Å²) < 4.78 is 5.41. The van der Waals surface area contributed by atoms with Crippen LogP contribution in [-0.4, -0.2) is 60.5 Å². The first kappa shape index (κ1) is 31.6. The third-order valence-corrected chi connectivity index (χ3v) is 8.55. The summed E-state index contributed by atoms with van der Waals surface area (Å²) in [5.74, 6) is -1.31. The standard InChI is InChI=1S/C34H31N3O7S/c1-22-30(4-3-5-31(22)37(41)42)32(35-44-23(2)38)34(40)26-10-16-29(17-11-26)45-28-14-8-25(9-15-28)33(39)24-6-12-27(13-7-24)36-18-20-43-21-19-36/h3-4,6-17,31H,5,18-21H2,1-2H3/b35-32+. The molecule has 1 heterocycles. The summed E-state index contributed by atoms with van der Waals surface area (Å²) in [7, 11) is 0. The summed E-state index contributed by atoms with van der Waals surface area (Å²) in [5.41, 5.74) is 3.00. The first-order chi connectivity index (χ1) is 21.7. The Bertz CT molecular complexity index is 1690. The molecule has 0 bridgehead atoms. The first-order valence-electron chi connectivity index (χ1n) is 14.4. The lowest BCUT2D eigenvalue weighted by Crippen LogP contribution is -2.36. The molecule has 5 rings (SSSR count). The Morgan fingerprint density at radius 1 is 0.911 bits per heavy atom. The van der Waals surface area contributed by atoms with E-state index in [4.69, 9.17) is 9.57 Å².